The predicted octanol–water partition coefficient (Wildman–Crippen LogP) is 2.64. The van der Waals surface area contributed by atoms with E-state index < -0.39 is 0 Å². The molecule has 0 spiro atoms. The standard InChI is InChI=1S/C13H13ClN2O/c14-11-5-3-10(4-6-11)13(17)16-9-7-12-2-1-8-15-12/h1-6,8,15H,7,9H2,(H,16,17). The van der Waals surface area contributed by atoms with Gasteiger partial charge in [0.05, 0.1) is 0 Å². The van der Waals surface area contributed by atoms with Crippen molar-refractivity contribution < 1.29 is 4.79 Å². The highest BCUT2D eigenvalue weighted by Gasteiger charge is 2.04. The molecule has 0 radical (unpaired) electrons. The van der Waals surface area contributed by atoms with Gasteiger partial charge < -0.3 is 10.3 Å². The number of hydrogen-bond acceptors (Lipinski definition) is 1. The van der Waals surface area contributed by atoms with E-state index in [1.54, 1.807) is 24.3 Å². The highest BCUT2D eigenvalue weighted by molar-refractivity contribution is 6.30. The van der Waals surface area contributed by atoms with Gasteiger partial charge in [0.25, 0.3) is 5.91 Å². The number of benzene rings is 1. The van der Waals surface area contributed by atoms with Crippen LogP contribution in [0, 0.1) is 0 Å². The van der Waals surface area contributed by atoms with Crippen LogP contribution in [-0.4, -0.2) is 17.4 Å². The number of hydrogen-bond donors (Lipinski definition) is 2. The minimum atomic E-state index is -0.0757. The third-order valence-electron chi connectivity index (χ3n) is 2.45. The van der Waals surface area contributed by atoms with Gasteiger partial charge in [-0.3, -0.25) is 4.79 Å². The third-order valence-corrected chi connectivity index (χ3v) is 2.70. The summed E-state index contributed by atoms with van der Waals surface area (Å²) >= 11 is 5.75. The van der Waals surface area contributed by atoms with E-state index >= 15 is 0 Å². The summed E-state index contributed by atoms with van der Waals surface area (Å²) in [5.74, 6) is -0.0757. The van der Waals surface area contributed by atoms with Crippen LogP contribution in [0.1, 0.15) is 16.1 Å². The number of aromatic nitrogens is 1. The zero-order chi connectivity index (χ0) is 12.1. The molecule has 0 aliphatic heterocycles. The predicted molar refractivity (Wildman–Crippen MR) is 68.3 cm³/mol. The van der Waals surface area contributed by atoms with Crippen LogP contribution in [0.3, 0.4) is 0 Å². The average molecular weight is 249 g/mol. The quantitative estimate of drug-likeness (QED) is 0.859. The molecule has 88 valence electrons. The van der Waals surface area contributed by atoms with Crippen molar-refractivity contribution in [1.82, 2.24) is 10.3 Å². The Morgan fingerprint density at radius 3 is 2.65 bits per heavy atom. The van der Waals surface area contributed by atoms with Crippen LogP contribution in [0.4, 0.5) is 0 Å². The number of carbonyl (C=O) groups excluding carboxylic acids is 1. The Balaban J connectivity index is 1.83. The number of halogens is 1. The highest BCUT2D eigenvalue weighted by Crippen LogP contribution is 2.09. The maximum Gasteiger partial charge on any atom is 0.251 e. The molecular formula is C13H13ClN2O. The van der Waals surface area contributed by atoms with Gasteiger partial charge in [0.15, 0.2) is 0 Å². The molecule has 3 nitrogen and oxygen atoms in total. The van der Waals surface area contributed by atoms with E-state index in [4.69, 9.17) is 11.6 Å². The van der Waals surface area contributed by atoms with Crippen LogP contribution in [0.2, 0.25) is 5.02 Å². The summed E-state index contributed by atoms with van der Waals surface area (Å²) in [6, 6.07) is 10.8. The minimum Gasteiger partial charge on any atom is -0.365 e. The van der Waals surface area contributed by atoms with Crippen molar-refractivity contribution in [2.24, 2.45) is 0 Å². The van der Waals surface area contributed by atoms with Gasteiger partial charge in [-0.05, 0) is 36.4 Å². The highest BCUT2D eigenvalue weighted by atomic mass is 35.5. The summed E-state index contributed by atoms with van der Waals surface area (Å²) in [5.41, 5.74) is 1.74. The molecule has 0 atom stereocenters. The molecule has 1 aromatic heterocycles. The molecule has 2 aromatic rings. The summed E-state index contributed by atoms with van der Waals surface area (Å²) in [4.78, 5) is 14.8. The zero-order valence-corrected chi connectivity index (χ0v) is 10.00. The van der Waals surface area contributed by atoms with Gasteiger partial charge >= 0.3 is 0 Å². The first-order valence-corrected chi connectivity index (χ1v) is 5.79. The summed E-state index contributed by atoms with van der Waals surface area (Å²) in [6.07, 6.45) is 2.67. The van der Waals surface area contributed by atoms with Crippen molar-refractivity contribution in [2.45, 2.75) is 6.42 Å². The molecule has 0 aliphatic carbocycles. The van der Waals surface area contributed by atoms with E-state index in [2.05, 4.69) is 10.3 Å². The molecule has 1 amide bonds. The second-order valence-electron chi connectivity index (χ2n) is 3.71. The largest absolute Gasteiger partial charge is 0.365 e. The fourth-order valence-corrected chi connectivity index (χ4v) is 1.66. The van der Waals surface area contributed by atoms with E-state index in [0.29, 0.717) is 17.1 Å². The van der Waals surface area contributed by atoms with Crippen molar-refractivity contribution in [1.29, 1.82) is 0 Å². The molecule has 1 heterocycles. The minimum absolute atomic E-state index is 0.0757. The fraction of sp³-hybridized carbons (Fsp3) is 0.154. The van der Waals surface area contributed by atoms with E-state index in [9.17, 15) is 4.79 Å². The van der Waals surface area contributed by atoms with Gasteiger partial charge in [-0.1, -0.05) is 11.6 Å². The molecule has 0 saturated carbocycles. The van der Waals surface area contributed by atoms with Crippen LogP contribution in [0.15, 0.2) is 42.6 Å². The van der Waals surface area contributed by atoms with E-state index in [1.807, 2.05) is 18.3 Å². The van der Waals surface area contributed by atoms with Crippen molar-refractivity contribution in [3.63, 3.8) is 0 Å². The van der Waals surface area contributed by atoms with Crippen LogP contribution in [0.5, 0.6) is 0 Å². The summed E-state index contributed by atoms with van der Waals surface area (Å²) < 4.78 is 0. The third kappa shape index (κ3) is 3.36. The molecule has 2 N–H and O–H groups in total. The summed E-state index contributed by atoms with van der Waals surface area (Å²) in [5, 5.41) is 3.49. The Morgan fingerprint density at radius 2 is 2.00 bits per heavy atom. The lowest BCUT2D eigenvalue weighted by Crippen LogP contribution is -2.25. The number of amides is 1. The number of rotatable bonds is 4. The van der Waals surface area contributed by atoms with Gasteiger partial charge in [-0.25, -0.2) is 0 Å². The molecule has 0 aliphatic rings. The van der Waals surface area contributed by atoms with E-state index in [0.717, 1.165) is 12.1 Å². The number of aromatic amines is 1. The van der Waals surface area contributed by atoms with Crippen molar-refractivity contribution >= 4 is 17.5 Å². The van der Waals surface area contributed by atoms with E-state index in [1.165, 1.54) is 0 Å². The Bertz CT molecular complexity index is 477. The molecule has 1 aromatic carbocycles. The van der Waals surface area contributed by atoms with Gasteiger partial charge in [-0.2, -0.15) is 0 Å². The first-order valence-electron chi connectivity index (χ1n) is 5.42. The molecule has 0 bridgehead atoms. The van der Waals surface area contributed by atoms with Crippen molar-refractivity contribution in [3.05, 3.63) is 58.9 Å². The molecule has 0 fully saturated rings. The molecule has 4 heteroatoms. The normalized spacial score (nSPS) is 10.2. The summed E-state index contributed by atoms with van der Waals surface area (Å²) in [7, 11) is 0. The van der Waals surface area contributed by atoms with Gasteiger partial charge in [-0.15, -0.1) is 0 Å². The van der Waals surface area contributed by atoms with Crippen LogP contribution < -0.4 is 5.32 Å². The second-order valence-corrected chi connectivity index (χ2v) is 4.14. The number of nitrogens with one attached hydrogen (secondary N) is 2. The molecular weight excluding hydrogens is 236 g/mol. The monoisotopic (exact) mass is 248 g/mol. The Morgan fingerprint density at radius 1 is 1.24 bits per heavy atom. The van der Waals surface area contributed by atoms with Gasteiger partial charge in [0.1, 0.15) is 0 Å². The lowest BCUT2D eigenvalue weighted by Gasteiger charge is -2.04. The molecule has 2 rings (SSSR count). The lowest BCUT2D eigenvalue weighted by molar-refractivity contribution is 0.0954. The van der Waals surface area contributed by atoms with Crippen LogP contribution in [0.25, 0.3) is 0 Å². The lowest BCUT2D eigenvalue weighted by atomic mass is 10.2. The van der Waals surface area contributed by atoms with Crippen LogP contribution in [-0.2, 0) is 6.42 Å². The first-order chi connectivity index (χ1) is 8.25. The molecule has 0 saturated heterocycles. The van der Waals surface area contributed by atoms with Gasteiger partial charge in [0.2, 0.25) is 0 Å². The topological polar surface area (TPSA) is 44.9 Å². The Labute approximate surface area is 105 Å². The van der Waals surface area contributed by atoms with Crippen LogP contribution >= 0.6 is 11.6 Å². The summed E-state index contributed by atoms with van der Waals surface area (Å²) in [6.45, 7) is 0.613. The SMILES string of the molecule is O=C(NCCc1ccc[nH]1)c1ccc(Cl)cc1. The second kappa shape index (κ2) is 5.55. The van der Waals surface area contributed by atoms with E-state index in [-0.39, 0.29) is 5.91 Å². The smallest absolute Gasteiger partial charge is 0.251 e. The molecule has 0 unspecified atom stereocenters. The maximum absolute atomic E-state index is 11.7. The van der Waals surface area contributed by atoms with Gasteiger partial charge in [0, 0.05) is 35.4 Å². The Kier molecular flexibility index (Phi) is 3.83. The fourth-order valence-electron chi connectivity index (χ4n) is 1.54. The maximum atomic E-state index is 11.7. The average Bonchev–Trinajstić information content (AvgIpc) is 2.83. The van der Waals surface area contributed by atoms with Crippen molar-refractivity contribution in [3.8, 4) is 0 Å². The molecule has 17 heavy (non-hydrogen) atoms. The number of H-pyrrole nitrogens is 1. The zero-order valence-electron chi connectivity index (χ0n) is 9.24. The first kappa shape index (κ1) is 11.7. The van der Waals surface area contributed by atoms with Crippen molar-refractivity contribution in [2.75, 3.05) is 6.54 Å². The number of carbonyl (C=O) groups is 1. The Hall–Kier alpha value is -1.74.